The van der Waals surface area contributed by atoms with Gasteiger partial charge in [0.2, 0.25) is 5.56 Å². The van der Waals surface area contributed by atoms with E-state index in [0.717, 1.165) is 37.8 Å². The van der Waals surface area contributed by atoms with E-state index in [1.165, 1.54) is 16.8 Å². The highest BCUT2D eigenvalue weighted by atomic mass is 16.1. The van der Waals surface area contributed by atoms with Crippen molar-refractivity contribution in [2.75, 3.05) is 5.32 Å². The largest absolute Gasteiger partial charge is 0.378 e. The molecule has 0 fully saturated rings. The maximum Gasteiger partial charge on any atom is 0.248 e. The van der Waals surface area contributed by atoms with Gasteiger partial charge in [0.25, 0.3) is 0 Å². The van der Waals surface area contributed by atoms with Crippen molar-refractivity contribution < 1.29 is 0 Å². The van der Waals surface area contributed by atoms with E-state index in [4.69, 9.17) is 0 Å². The van der Waals surface area contributed by atoms with Gasteiger partial charge in [0.15, 0.2) is 0 Å². The fourth-order valence-corrected chi connectivity index (χ4v) is 3.19. The summed E-state index contributed by atoms with van der Waals surface area (Å²) in [5, 5.41) is 3.69. The second-order valence-corrected chi connectivity index (χ2v) is 5.75. The van der Waals surface area contributed by atoms with Gasteiger partial charge >= 0.3 is 0 Å². The van der Waals surface area contributed by atoms with E-state index in [1.807, 2.05) is 6.07 Å². The third-order valence-electron chi connectivity index (χ3n) is 4.20. The maximum atomic E-state index is 11.5. The van der Waals surface area contributed by atoms with E-state index in [2.05, 4.69) is 41.5 Å². The van der Waals surface area contributed by atoms with Crippen LogP contribution >= 0.6 is 0 Å². The van der Waals surface area contributed by atoms with Crippen LogP contribution in [-0.4, -0.2) is 4.98 Å². The molecule has 3 rings (SSSR count). The number of hydrogen-bond donors (Lipinski definition) is 2. The molecule has 1 aliphatic carbocycles. The van der Waals surface area contributed by atoms with E-state index in [0.29, 0.717) is 6.04 Å². The Morgan fingerprint density at radius 3 is 2.95 bits per heavy atom. The summed E-state index contributed by atoms with van der Waals surface area (Å²) in [5.74, 6) is 0. The summed E-state index contributed by atoms with van der Waals surface area (Å²) in [6.45, 7) is 2.21. The Bertz CT molecular complexity index is 675. The van der Waals surface area contributed by atoms with Crippen molar-refractivity contribution in [1.82, 2.24) is 4.98 Å². The van der Waals surface area contributed by atoms with Crippen LogP contribution in [0.3, 0.4) is 0 Å². The molecule has 3 nitrogen and oxygen atoms in total. The van der Waals surface area contributed by atoms with Gasteiger partial charge in [-0.15, -0.1) is 0 Å². The third-order valence-corrected chi connectivity index (χ3v) is 4.20. The van der Waals surface area contributed by atoms with Crippen LogP contribution in [0.4, 0.5) is 5.69 Å². The van der Waals surface area contributed by atoms with Crippen molar-refractivity contribution in [3.8, 4) is 0 Å². The Morgan fingerprint density at radius 2 is 2.10 bits per heavy atom. The van der Waals surface area contributed by atoms with Crippen LogP contribution in [0.15, 0.2) is 41.2 Å². The smallest absolute Gasteiger partial charge is 0.248 e. The van der Waals surface area contributed by atoms with Gasteiger partial charge in [-0.3, -0.25) is 4.79 Å². The zero-order valence-corrected chi connectivity index (χ0v) is 12.5. The zero-order chi connectivity index (χ0) is 14.7. The fraction of sp³-hybridized carbons (Fsp3) is 0.389. The average molecular weight is 282 g/mol. The van der Waals surface area contributed by atoms with Crippen molar-refractivity contribution in [2.24, 2.45) is 0 Å². The van der Waals surface area contributed by atoms with Crippen molar-refractivity contribution in [1.29, 1.82) is 0 Å². The lowest BCUT2D eigenvalue weighted by Gasteiger charge is -2.27. The number of anilines is 1. The molecule has 0 saturated heterocycles. The normalized spacial score (nSPS) is 17.3. The fourth-order valence-electron chi connectivity index (χ4n) is 3.19. The predicted molar refractivity (Wildman–Crippen MR) is 86.8 cm³/mol. The monoisotopic (exact) mass is 282 g/mol. The molecular weight excluding hydrogens is 260 g/mol. The highest BCUT2D eigenvalue weighted by Gasteiger charge is 2.21. The van der Waals surface area contributed by atoms with Crippen LogP contribution in [0.2, 0.25) is 0 Å². The molecule has 0 aliphatic heterocycles. The standard InChI is InChI=1S/C18H22N2O/c1-2-6-13-7-3-4-8-15(13)19-16-9-5-10-17-14(16)11-12-18(21)20-17/h3-4,7-8,11-12,16,19H,2,5-6,9-10H2,1H3,(H,20,21). The number of para-hydroxylation sites is 1. The van der Waals surface area contributed by atoms with E-state index in [-0.39, 0.29) is 5.56 Å². The Balaban J connectivity index is 1.89. The van der Waals surface area contributed by atoms with Gasteiger partial charge < -0.3 is 10.3 Å². The number of aryl methyl sites for hydroxylation is 2. The third kappa shape index (κ3) is 3.02. The van der Waals surface area contributed by atoms with Crippen LogP contribution in [0.1, 0.15) is 49.0 Å². The quantitative estimate of drug-likeness (QED) is 0.895. The molecule has 3 heteroatoms. The minimum Gasteiger partial charge on any atom is -0.378 e. The number of fused-ring (bicyclic) bond motifs is 1. The molecular formula is C18H22N2O. The van der Waals surface area contributed by atoms with Crippen LogP contribution < -0.4 is 10.9 Å². The van der Waals surface area contributed by atoms with Gasteiger partial charge in [-0.2, -0.15) is 0 Å². The predicted octanol–water partition coefficient (Wildman–Crippen LogP) is 3.82. The van der Waals surface area contributed by atoms with Crippen molar-refractivity contribution in [3.63, 3.8) is 0 Å². The zero-order valence-electron chi connectivity index (χ0n) is 12.5. The van der Waals surface area contributed by atoms with E-state index >= 15 is 0 Å². The first-order chi connectivity index (χ1) is 10.3. The Morgan fingerprint density at radius 1 is 1.24 bits per heavy atom. The molecule has 1 aromatic heterocycles. The summed E-state index contributed by atoms with van der Waals surface area (Å²) < 4.78 is 0. The van der Waals surface area contributed by atoms with E-state index in [1.54, 1.807) is 6.07 Å². The second-order valence-electron chi connectivity index (χ2n) is 5.75. The molecule has 21 heavy (non-hydrogen) atoms. The average Bonchev–Trinajstić information content (AvgIpc) is 2.49. The Hall–Kier alpha value is -2.03. The van der Waals surface area contributed by atoms with Gasteiger partial charge in [-0.05, 0) is 48.9 Å². The molecule has 1 unspecified atom stereocenters. The summed E-state index contributed by atoms with van der Waals surface area (Å²) >= 11 is 0. The molecule has 1 atom stereocenters. The van der Waals surface area contributed by atoms with Crippen molar-refractivity contribution in [2.45, 2.75) is 45.1 Å². The lowest BCUT2D eigenvalue weighted by atomic mass is 9.91. The molecule has 2 aromatic rings. The highest BCUT2D eigenvalue weighted by Crippen LogP contribution is 2.32. The van der Waals surface area contributed by atoms with Gasteiger partial charge in [0, 0.05) is 17.4 Å². The summed E-state index contributed by atoms with van der Waals surface area (Å²) in [6, 6.07) is 12.4. The van der Waals surface area contributed by atoms with Crippen molar-refractivity contribution in [3.05, 3.63) is 63.6 Å². The summed E-state index contributed by atoms with van der Waals surface area (Å²) in [5.41, 5.74) is 4.94. The topological polar surface area (TPSA) is 44.9 Å². The number of aromatic amines is 1. The molecule has 2 N–H and O–H groups in total. The van der Waals surface area contributed by atoms with Gasteiger partial charge in [0.1, 0.15) is 0 Å². The van der Waals surface area contributed by atoms with Crippen LogP contribution in [0.25, 0.3) is 0 Å². The number of benzene rings is 1. The Kier molecular flexibility index (Phi) is 4.09. The first-order valence-electron chi connectivity index (χ1n) is 7.84. The van der Waals surface area contributed by atoms with Gasteiger partial charge in [0.05, 0.1) is 6.04 Å². The minimum atomic E-state index is 0.000725. The SMILES string of the molecule is CCCc1ccccc1NC1CCCc2[nH]c(=O)ccc21. The first kappa shape index (κ1) is 13.9. The molecule has 0 bridgehead atoms. The first-order valence-corrected chi connectivity index (χ1v) is 7.84. The lowest BCUT2D eigenvalue weighted by molar-refractivity contribution is 0.586. The summed E-state index contributed by atoms with van der Waals surface area (Å²) in [7, 11) is 0. The molecule has 1 heterocycles. The molecule has 0 radical (unpaired) electrons. The summed E-state index contributed by atoms with van der Waals surface area (Å²) in [4.78, 5) is 14.5. The van der Waals surface area contributed by atoms with E-state index in [9.17, 15) is 4.79 Å². The number of pyridine rings is 1. The highest BCUT2D eigenvalue weighted by molar-refractivity contribution is 5.53. The molecule has 110 valence electrons. The van der Waals surface area contributed by atoms with Crippen LogP contribution in [0.5, 0.6) is 0 Å². The molecule has 0 spiro atoms. The minimum absolute atomic E-state index is 0.000725. The lowest BCUT2D eigenvalue weighted by Crippen LogP contribution is -2.22. The summed E-state index contributed by atoms with van der Waals surface area (Å²) in [6.07, 6.45) is 5.43. The van der Waals surface area contributed by atoms with E-state index < -0.39 is 0 Å². The molecule has 0 saturated carbocycles. The second kappa shape index (κ2) is 6.17. The van der Waals surface area contributed by atoms with Gasteiger partial charge in [-0.25, -0.2) is 0 Å². The number of hydrogen-bond acceptors (Lipinski definition) is 2. The number of aromatic nitrogens is 1. The van der Waals surface area contributed by atoms with Gasteiger partial charge in [-0.1, -0.05) is 31.5 Å². The molecule has 1 aliphatic rings. The number of rotatable bonds is 4. The molecule has 0 amide bonds. The number of nitrogens with one attached hydrogen (secondary N) is 2. The van der Waals surface area contributed by atoms with Crippen molar-refractivity contribution >= 4 is 5.69 Å². The van der Waals surface area contributed by atoms with Crippen LogP contribution in [0, 0.1) is 0 Å². The maximum absolute atomic E-state index is 11.5. The van der Waals surface area contributed by atoms with Crippen LogP contribution in [-0.2, 0) is 12.8 Å². The number of H-pyrrole nitrogens is 1. The Labute approximate surface area is 125 Å². The molecule has 1 aromatic carbocycles.